The zero-order valence-electron chi connectivity index (χ0n) is 13.5. The highest BCUT2D eigenvalue weighted by Gasteiger charge is 2.38. The Morgan fingerprint density at radius 2 is 1.80 bits per heavy atom. The van der Waals surface area contributed by atoms with E-state index in [9.17, 15) is 5.26 Å². The summed E-state index contributed by atoms with van der Waals surface area (Å²) in [5.74, 6) is 0.864. The molecule has 4 heteroatoms. The zero-order valence-corrected chi connectivity index (χ0v) is 13.5. The highest BCUT2D eigenvalue weighted by molar-refractivity contribution is 5.55. The molecule has 1 aromatic rings. The molecule has 0 saturated heterocycles. The van der Waals surface area contributed by atoms with Crippen molar-refractivity contribution in [1.82, 2.24) is 9.78 Å². The maximum Gasteiger partial charge on any atom is 0.142 e. The maximum absolute atomic E-state index is 9.30. The smallest absolute Gasteiger partial charge is 0.142 e. The van der Waals surface area contributed by atoms with Gasteiger partial charge in [-0.05, 0) is 37.0 Å². The van der Waals surface area contributed by atoms with Crippen LogP contribution in [0.3, 0.4) is 0 Å². The summed E-state index contributed by atoms with van der Waals surface area (Å²) in [6.45, 7) is 11.2. The van der Waals surface area contributed by atoms with Crippen LogP contribution in [-0.2, 0) is 7.05 Å². The van der Waals surface area contributed by atoms with Crippen molar-refractivity contribution >= 4 is 5.82 Å². The summed E-state index contributed by atoms with van der Waals surface area (Å²) >= 11 is 0. The van der Waals surface area contributed by atoms with Crippen molar-refractivity contribution in [2.75, 3.05) is 5.32 Å². The second-order valence-corrected chi connectivity index (χ2v) is 7.80. The van der Waals surface area contributed by atoms with Gasteiger partial charge in [-0.25, -0.2) is 0 Å². The monoisotopic (exact) mass is 274 g/mol. The van der Waals surface area contributed by atoms with Crippen LogP contribution >= 0.6 is 0 Å². The van der Waals surface area contributed by atoms with Crippen molar-refractivity contribution in [2.45, 2.75) is 59.9 Å². The molecule has 1 aliphatic rings. The molecular weight excluding hydrogens is 248 g/mol. The largest absolute Gasteiger partial charge is 0.366 e. The van der Waals surface area contributed by atoms with Crippen molar-refractivity contribution in [2.24, 2.45) is 17.9 Å². The molecule has 4 nitrogen and oxygen atoms in total. The summed E-state index contributed by atoms with van der Waals surface area (Å²) in [4.78, 5) is 0. The van der Waals surface area contributed by atoms with E-state index in [1.807, 2.05) is 14.0 Å². The van der Waals surface area contributed by atoms with Crippen molar-refractivity contribution in [3.63, 3.8) is 0 Å². The van der Waals surface area contributed by atoms with Crippen LogP contribution in [0.5, 0.6) is 0 Å². The summed E-state index contributed by atoms with van der Waals surface area (Å²) in [6, 6.07) is 2.67. The van der Waals surface area contributed by atoms with Gasteiger partial charge in [0.2, 0.25) is 0 Å². The first kappa shape index (κ1) is 14.9. The van der Waals surface area contributed by atoms with Gasteiger partial charge < -0.3 is 5.32 Å². The number of hydrogen-bond donors (Lipinski definition) is 1. The van der Waals surface area contributed by atoms with Crippen LogP contribution in [-0.4, -0.2) is 15.8 Å². The molecule has 110 valence electrons. The van der Waals surface area contributed by atoms with Gasteiger partial charge >= 0.3 is 0 Å². The first-order valence-electron chi connectivity index (χ1n) is 7.34. The second-order valence-electron chi connectivity index (χ2n) is 7.80. The number of hydrogen-bond acceptors (Lipinski definition) is 3. The summed E-state index contributed by atoms with van der Waals surface area (Å²) in [5.41, 5.74) is 2.14. The fraction of sp³-hybridized carbons (Fsp3) is 0.750. The van der Waals surface area contributed by atoms with Gasteiger partial charge in [0.05, 0.1) is 5.69 Å². The Labute approximate surface area is 122 Å². The molecule has 0 unspecified atom stereocenters. The van der Waals surface area contributed by atoms with Crippen LogP contribution in [0.4, 0.5) is 5.82 Å². The van der Waals surface area contributed by atoms with Crippen molar-refractivity contribution in [3.05, 3.63) is 11.3 Å². The third-order valence-corrected chi connectivity index (χ3v) is 4.23. The molecule has 1 heterocycles. The molecule has 0 aromatic carbocycles. The predicted octanol–water partition coefficient (Wildman–Crippen LogP) is 3.62. The van der Waals surface area contributed by atoms with E-state index >= 15 is 0 Å². The number of nitrogens with zero attached hydrogens (tertiary/aromatic N) is 3. The average molecular weight is 274 g/mol. The standard InChI is InChI=1S/C16H26N4/c1-11-13(9-17)14(20(6)19-11)18-12-7-15(2,3)10-16(4,5)8-12/h12,18H,7-8,10H2,1-6H3. The molecule has 2 rings (SSSR count). The molecule has 1 saturated carbocycles. The molecule has 1 N–H and O–H groups in total. The highest BCUT2D eigenvalue weighted by Crippen LogP contribution is 2.46. The van der Waals surface area contributed by atoms with Gasteiger partial charge in [-0.15, -0.1) is 0 Å². The summed E-state index contributed by atoms with van der Waals surface area (Å²) in [7, 11) is 1.90. The van der Waals surface area contributed by atoms with Gasteiger partial charge in [-0.3, -0.25) is 4.68 Å². The Bertz CT molecular complexity index is 530. The van der Waals surface area contributed by atoms with E-state index in [1.54, 1.807) is 4.68 Å². The Kier molecular flexibility index (Phi) is 3.58. The van der Waals surface area contributed by atoms with E-state index in [0.29, 0.717) is 22.4 Å². The van der Waals surface area contributed by atoms with Crippen molar-refractivity contribution in [1.29, 1.82) is 5.26 Å². The van der Waals surface area contributed by atoms with Gasteiger partial charge in [-0.2, -0.15) is 10.4 Å². The SMILES string of the molecule is Cc1nn(C)c(NC2CC(C)(C)CC(C)(C)C2)c1C#N. The minimum atomic E-state index is 0.333. The number of rotatable bonds is 2. The normalized spacial score (nSPS) is 21.4. The van der Waals surface area contributed by atoms with Gasteiger partial charge in [0.1, 0.15) is 17.5 Å². The Balaban J connectivity index is 2.24. The van der Waals surface area contributed by atoms with Crippen molar-refractivity contribution in [3.8, 4) is 6.07 Å². The van der Waals surface area contributed by atoms with Gasteiger partial charge in [-0.1, -0.05) is 27.7 Å². The van der Waals surface area contributed by atoms with Crippen LogP contribution in [0.1, 0.15) is 58.2 Å². The molecule has 0 spiro atoms. The van der Waals surface area contributed by atoms with Gasteiger partial charge in [0.15, 0.2) is 0 Å². The van der Waals surface area contributed by atoms with Crippen LogP contribution in [0.2, 0.25) is 0 Å². The Morgan fingerprint density at radius 1 is 1.25 bits per heavy atom. The second kappa shape index (κ2) is 4.80. The molecule has 0 atom stereocenters. The first-order valence-corrected chi connectivity index (χ1v) is 7.34. The quantitative estimate of drug-likeness (QED) is 0.896. The Hall–Kier alpha value is -1.50. The number of nitrogens with one attached hydrogen (secondary N) is 1. The summed E-state index contributed by atoms with van der Waals surface area (Å²) in [6.07, 6.45) is 3.50. The van der Waals surface area contributed by atoms with E-state index in [1.165, 1.54) is 6.42 Å². The number of anilines is 1. The lowest BCUT2D eigenvalue weighted by Crippen LogP contribution is -2.40. The molecule has 1 fully saturated rings. The van der Waals surface area contributed by atoms with E-state index < -0.39 is 0 Å². The predicted molar refractivity (Wildman–Crippen MR) is 81.5 cm³/mol. The van der Waals surface area contributed by atoms with Crippen LogP contribution in [0.15, 0.2) is 0 Å². The van der Waals surface area contributed by atoms with E-state index in [-0.39, 0.29) is 0 Å². The molecule has 0 bridgehead atoms. The minimum Gasteiger partial charge on any atom is -0.366 e. The lowest BCUT2D eigenvalue weighted by molar-refractivity contribution is 0.105. The number of aromatic nitrogens is 2. The third kappa shape index (κ3) is 2.98. The summed E-state index contributed by atoms with van der Waals surface area (Å²) in [5, 5.41) is 17.2. The molecule has 0 radical (unpaired) electrons. The van der Waals surface area contributed by atoms with Gasteiger partial charge in [0, 0.05) is 13.1 Å². The fourth-order valence-electron chi connectivity index (χ4n) is 4.10. The van der Waals surface area contributed by atoms with Gasteiger partial charge in [0.25, 0.3) is 0 Å². The van der Waals surface area contributed by atoms with Crippen LogP contribution < -0.4 is 5.32 Å². The van der Waals surface area contributed by atoms with E-state index in [0.717, 1.165) is 24.4 Å². The highest BCUT2D eigenvalue weighted by atomic mass is 15.3. The third-order valence-electron chi connectivity index (χ3n) is 4.23. The number of aryl methyl sites for hydroxylation is 2. The van der Waals surface area contributed by atoms with Crippen LogP contribution in [0, 0.1) is 29.1 Å². The Morgan fingerprint density at radius 3 is 2.30 bits per heavy atom. The first-order chi connectivity index (χ1) is 9.13. The molecule has 20 heavy (non-hydrogen) atoms. The molecule has 0 amide bonds. The molecular formula is C16H26N4. The molecule has 0 aliphatic heterocycles. The lowest BCUT2D eigenvalue weighted by Gasteiger charge is -2.45. The van der Waals surface area contributed by atoms with Crippen molar-refractivity contribution < 1.29 is 0 Å². The van der Waals surface area contributed by atoms with E-state index in [4.69, 9.17) is 0 Å². The molecule has 1 aliphatic carbocycles. The zero-order chi connectivity index (χ0) is 15.1. The van der Waals surface area contributed by atoms with Crippen LogP contribution in [0.25, 0.3) is 0 Å². The topological polar surface area (TPSA) is 53.6 Å². The number of nitriles is 1. The summed E-state index contributed by atoms with van der Waals surface area (Å²) < 4.78 is 1.79. The lowest BCUT2D eigenvalue weighted by atomic mass is 9.63. The molecule has 1 aromatic heterocycles. The minimum absolute atomic E-state index is 0.333. The fourth-order valence-corrected chi connectivity index (χ4v) is 4.10. The maximum atomic E-state index is 9.30. The average Bonchev–Trinajstić information content (AvgIpc) is 2.48. The van der Waals surface area contributed by atoms with E-state index in [2.05, 4.69) is 44.2 Å².